The van der Waals surface area contributed by atoms with Gasteiger partial charge in [0.05, 0.1) is 23.4 Å². The van der Waals surface area contributed by atoms with Crippen LogP contribution in [0.5, 0.6) is 0 Å². The van der Waals surface area contributed by atoms with Gasteiger partial charge in [-0.1, -0.05) is 44.3 Å². The minimum absolute atomic E-state index is 0.0204. The third-order valence-electron chi connectivity index (χ3n) is 3.99. The second-order valence-electron chi connectivity index (χ2n) is 5.35. The van der Waals surface area contributed by atoms with E-state index in [1.54, 1.807) is 0 Å². The molecular weight excluding hydrogens is 250 g/mol. The van der Waals surface area contributed by atoms with E-state index in [0.717, 1.165) is 6.42 Å². The van der Waals surface area contributed by atoms with E-state index in [-0.39, 0.29) is 18.1 Å². The quantitative estimate of drug-likeness (QED) is 0.763. The molecule has 2 N–H and O–H groups in total. The van der Waals surface area contributed by atoms with Crippen molar-refractivity contribution in [2.24, 2.45) is 11.8 Å². The Balaban J connectivity index is 1.93. The van der Waals surface area contributed by atoms with Crippen molar-refractivity contribution in [3.8, 4) is 0 Å². The number of carboxylic acids is 1. The van der Waals surface area contributed by atoms with Crippen LogP contribution in [0.15, 0.2) is 0 Å². The molecule has 5 heteroatoms. The molecule has 0 spiro atoms. The fourth-order valence-electron chi connectivity index (χ4n) is 3.02. The largest absolute Gasteiger partial charge is 0.481 e. The average molecular weight is 269 g/mol. The first kappa shape index (κ1) is 13.5. The highest BCUT2D eigenvalue weighted by atomic mass is 32.1. The van der Waals surface area contributed by atoms with Gasteiger partial charge in [0, 0.05) is 0 Å². The topological polar surface area (TPSA) is 66.4 Å². The number of ketones is 1. The van der Waals surface area contributed by atoms with Crippen molar-refractivity contribution >= 4 is 29.0 Å². The van der Waals surface area contributed by atoms with Crippen molar-refractivity contribution in [2.75, 3.05) is 0 Å². The highest BCUT2D eigenvalue weighted by Crippen LogP contribution is 2.31. The van der Waals surface area contributed by atoms with Crippen molar-refractivity contribution in [3.05, 3.63) is 0 Å². The van der Waals surface area contributed by atoms with Crippen LogP contribution in [0.25, 0.3) is 0 Å². The van der Waals surface area contributed by atoms with Crippen LogP contribution in [-0.4, -0.2) is 27.9 Å². The molecule has 2 fully saturated rings. The Kier molecular flexibility index (Phi) is 4.32. The lowest BCUT2D eigenvalue weighted by Gasteiger charge is -2.23. The second-order valence-corrected chi connectivity index (χ2v) is 5.79. The van der Waals surface area contributed by atoms with Gasteiger partial charge < -0.3 is 10.4 Å². The number of carboxylic acid groups (broad SMARTS) is 1. The molecule has 1 saturated heterocycles. The third-order valence-corrected chi connectivity index (χ3v) is 4.39. The Bertz CT molecular complexity index is 363. The summed E-state index contributed by atoms with van der Waals surface area (Å²) in [4.78, 5) is 23.3. The molecule has 1 saturated carbocycles. The molecule has 0 aromatic carbocycles. The molecule has 0 amide bonds. The Morgan fingerprint density at radius 2 is 2.00 bits per heavy atom. The minimum atomic E-state index is -0.957. The van der Waals surface area contributed by atoms with Gasteiger partial charge in [-0.25, -0.2) is 0 Å². The number of hydrogen-bond acceptors (Lipinski definition) is 3. The van der Waals surface area contributed by atoms with E-state index < -0.39 is 12.0 Å². The van der Waals surface area contributed by atoms with Gasteiger partial charge in [0.15, 0.2) is 5.78 Å². The van der Waals surface area contributed by atoms with Crippen molar-refractivity contribution in [2.45, 2.75) is 51.0 Å². The van der Waals surface area contributed by atoms with Gasteiger partial charge in [0.2, 0.25) is 0 Å². The summed E-state index contributed by atoms with van der Waals surface area (Å²) < 4.78 is 0. The van der Waals surface area contributed by atoms with Crippen LogP contribution in [0.4, 0.5) is 0 Å². The number of carbonyl (C=O) groups excluding carboxylic acids is 1. The Hall–Kier alpha value is -0.970. The summed E-state index contributed by atoms with van der Waals surface area (Å²) in [5, 5.41) is 11.6. The maximum atomic E-state index is 12.1. The van der Waals surface area contributed by atoms with Gasteiger partial charge in [-0.3, -0.25) is 9.59 Å². The van der Waals surface area contributed by atoms with Gasteiger partial charge in [-0.15, -0.1) is 0 Å². The van der Waals surface area contributed by atoms with Gasteiger partial charge >= 0.3 is 5.97 Å². The zero-order chi connectivity index (χ0) is 13.1. The number of carbonyl (C=O) groups is 2. The Labute approximate surface area is 112 Å². The number of Topliss-reactive ketones (excluding diaryl/α,β-unsaturated/α-hetero) is 1. The first-order valence-electron chi connectivity index (χ1n) is 6.64. The molecule has 100 valence electrons. The SMILES string of the molecule is O=C(O)CC1NC(=S)C(CC2CCCCC2)C1=O. The van der Waals surface area contributed by atoms with E-state index >= 15 is 0 Å². The molecule has 0 bridgehead atoms. The highest BCUT2D eigenvalue weighted by molar-refractivity contribution is 7.80. The molecule has 2 rings (SSSR count). The van der Waals surface area contributed by atoms with Crippen LogP contribution < -0.4 is 5.32 Å². The van der Waals surface area contributed by atoms with Crippen LogP contribution >= 0.6 is 12.2 Å². The number of hydrogen-bond donors (Lipinski definition) is 2. The van der Waals surface area contributed by atoms with Crippen LogP contribution in [0, 0.1) is 11.8 Å². The number of nitrogens with one attached hydrogen (secondary N) is 1. The van der Waals surface area contributed by atoms with Crippen molar-refractivity contribution < 1.29 is 14.7 Å². The monoisotopic (exact) mass is 269 g/mol. The van der Waals surface area contributed by atoms with Crippen LogP contribution in [0.1, 0.15) is 44.9 Å². The molecular formula is C13H19NO3S. The first-order valence-corrected chi connectivity index (χ1v) is 7.04. The Morgan fingerprint density at radius 1 is 1.33 bits per heavy atom. The average Bonchev–Trinajstić information content (AvgIpc) is 2.58. The molecule has 2 atom stereocenters. The predicted octanol–water partition coefficient (Wildman–Crippen LogP) is 1.92. The zero-order valence-electron chi connectivity index (χ0n) is 10.4. The molecule has 18 heavy (non-hydrogen) atoms. The molecule has 0 aromatic heterocycles. The van der Waals surface area contributed by atoms with E-state index in [1.807, 2.05) is 0 Å². The second kappa shape index (κ2) is 5.78. The maximum Gasteiger partial charge on any atom is 0.305 e. The minimum Gasteiger partial charge on any atom is -0.481 e. The summed E-state index contributed by atoms with van der Waals surface area (Å²) >= 11 is 5.19. The lowest BCUT2D eigenvalue weighted by Crippen LogP contribution is -2.31. The Morgan fingerprint density at radius 3 is 2.61 bits per heavy atom. The van der Waals surface area contributed by atoms with Gasteiger partial charge in [-0.05, 0) is 12.3 Å². The number of thiocarbonyl (C=S) groups is 1. The van der Waals surface area contributed by atoms with E-state index in [0.29, 0.717) is 10.9 Å². The molecule has 1 heterocycles. The molecule has 4 nitrogen and oxygen atoms in total. The van der Waals surface area contributed by atoms with E-state index in [9.17, 15) is 9.59 Å². The van der Waals surface area contributed by atoms with Gasteiger partial charge in [0.25, 0.3) is 0 Å². The lowest BCUT2D eigenvalue weighted by atomic mass is 9.81. The molecule has 2 unspecified atom stereocenters. The van der Waals surface area contributed by atoms with Gasteiger partial charge in [0.1, 0.15) is 0 Å². The fraction of sp³-hybridized carbons (Fsp3) is 0.769. The number of aliphatic carboxylic acids is 1. The van der Waals surface area contributed by atoms with Crippen LogP contribution in [-0.2, 0) is 9.59 Å². The van der Waals surface area contributed by atoms with Crippen molar-refractivity contribution in [3.63, 3.8) is 0 Å². The normalized spacial score (nSPS) is 29.3. The lowest BCUT2D eigenvalue weighted by molar-refractivity contribution is -0.139. The molecule has 0 aromatic rings. The summed E-state index contributed by atoms with van der Waals surface area (Å²) in [5.74, 6) is -0.640. The van der Waals surface area contributed by atoms with E-state index in [4.69, 9.17) is 17.3 Å². The standard InChI is InChI=1S/C13H19NO3S/c15-11(16)7-10-12(17)9(13(18)14-10)6-8-4-2-1-3-5-8/h8-10H,1-7H2,(H,14,18)(H,15,16). The summed E-state index contributed by atoms with van der Waals surface area (Å²) in [6.07, 6.45) is 6.76. The van der Waals surface area contributed by atoms with Gasteiger partial charge in [-0.2, -0.15) is 0 Å². The summed E-state index contributed by atoms with van der Waals surface area (Å²) in [6.45, 7) is 0. The zero-order valence-corrected chi connectivity index (χ0v) is 11.2. The van der Waals surface area contributed by atoms with Crippen LogP contribution in [0.2, 0.25) is 0 Å². The van der Waals surface area contributed by atoms with E-state index in [1.165, 1.54) is 32.1 Å². The molecule has 2 aliphatic rings. The first-order chi connectivity index (χ1) is 8.58. The summed E-state index contributed by atoms with van der Waals surface area (Å²) in [7, 11) is 0. The third kappa shape index (κ3) is 3.07. The fourth-order valence-corrected chi connectivity index (χ4v) is 3.38. The molecule has 1 aliphatic heterocycles. The van der Waals surface area contributed by atoms with Crippen molar-refractivity contribution in [1.82, 2.24) is 5.32 Å². The maximum absolute atomic E-state index is 12.1. The predicted molar refractivity (Wildman–Crippen MR) is 71.5 cm³/mol. The summed E-state index contributed by atoms with van der Waals surface area (Å²) in [6, 6.07) is -0.608. The van der Waals surface area contributed by atoms with E-state index in [2.05, 4.69) is 5.32 Å². The number of rotatable bonds is 4. The molecule has 1 aliphatic carbocycles. The molecule has 0 radical (unpaired) electrons. The highest BCUT2D eigenvalue weighted by Gasteiger charge is 2.40. The van der Waals surface area contributed by atoms with Crippen molar-refractivity contribution in [1.29, 1.82) is 0 Å². The van der Waals surface area contributed by atoms with Crippen LogP contribution in [0.3, 0.4) is 0 Å². The summed E-state index contributed by atoms with van der Waals surface area (Å²) in [5.41, 5.74) is 0. The smallest absolute Gasteiger partial charge is 0.305 e.